The molecule has 1 atom stereocenters. The number of rotatable bonds is 4. The van der Waals surface area contributed by atoms with E-state index >= 15 is 0 Å². The molecule has 20 heavy (non-hydrogen) atoms. The zero-order chi connectivity index (χ0) is 14.8. The van der Waals surface area contributed by atoms with Gasteiger partial charge >= 0.3 is 6.03 Å². The summed E-state index contributed by atoms with van der Waals surface area (Å²) in [5, 5.41) is 11.7. The second kappa shape index (κ2) is 5.31. The average Bonchev–Trinajstić information content (AvgIpc) is 2.63. The molecule has 0 bridgehead atoms. The largest absolute Gasteiger partial charge is 0.382 e. The summed E-state index contributed by atoms with van der Waals surface area (Å²) in [4.78, 5) is 25.4. The molecular formula is C14H15N3O3. The number of imide groups is 1. The molecule has 1 aliphatic rings. The minimum absolute atomic E-state index is 0.0771. The molecule has 2 rings (SSSR count). The molecule has 6 nitrogen and oxygen atoms in total. The number of nitrogens with one attached hydrogen (secondary N) is 1. The summed E-state index contributed by atoms with van der Waals surface area (Å²) in [6.45, 7) is 1.80. The molecule has 0 saturated carbocycles. The van der Waals surface area contributed by atoms with E-state index in [1.54, 1.807) is 31.2 Å². The molecule has 6 heteroatoms. The molecule has 0 spiro atoms. The number of hydrogen-bond acceptors (Lipinski definition) is 4. The summed E-state index contributed by atoms with van der Waals surface area (Å²) in [5.41, 5.74) is 0.0431. The van der Waals surface area contributed by atoms with Crippen LogP contribution in [0, 0.1) is 11.3 Å². The van der Waals surface area contributed by atoms with Gasteiger partial charge in [0.2, 0.25) is 0 Å². The van der Waals surface area contributed by atoms with Crippen LogP contribution in [-0.4, -0.2) is 36.1 Å². The summed E-state index contributed by atoms with van der Waals surface area (Å²) in [6.07, 6.45) is 0. The minimum Gasteiger partial charge on any atom is -0.382 e. The smallest absolute Gasteiger partial charge is 0.325 e. The van der Waals surface area contributed by atoms with E-state index in [0.717, 1.165) is 4.90 Å². The van der Waals surface area contributed by atoms with Crippen LogP contribution in [0.15, 0.2) is 24.3 Å². The summed E-state index contributed by atoms with van der Waals surface area (Å²) in [5.74, 6) is -0.350. The molecule has 1 fully saturated rings. The van der Waals surface area contributed by atoms with Crippen LogP contribution in [-0.2, 0) is 16.1 Å². The summed E-state index contributed by atoms with van der Waals surface area (Å²) >= 11 is 0. The van der Waals surface area contributed by atoms with Crippen molar-refractivity contribution in [3.8, 4) is 6.07 Å². The van der Waals surface area contributed by atoms with Gasteiger partial charge in [0.1, 0.15) is 5.54 Å². The second-order valence-electron chi connectivity index (χ2n) is 4.86. The Morgan fingerprint density at radius 2 is 2.10 bits per heavy atom. The molecule has 1 saturated heterocycles. The Bertz CT molecular complexity index is 594. The number of benzene rings is 1. The average molecular weight is 273 g/mol. The van der Waals surface area contributed by atoms with Crippen molar-refractivity contribution in [2.75, 3.05) is 13.7 Å². The Kier molecular flexibility index (Phi) is 3.72. The third-order valence-corrected chi connectivity index (χ3v) is 3.24. The van der Waals surface area contributed by atoms with Gasteiger partial charge in [-0.3, -0.25) is 9.69 Å². The Morgan fingerprint density at radius 1 is 1.40 bits per heavy atom. The lowest BCUT2D eigenvalue weighted by Crippen LogP contribution is -2.47. The molecule has 0 radical (unpaired) electrons. The number of urea groups is 1. The van der Waals surface area contributed by atoms with Gasteiger partial charge in [-0.15, -0.1) is 0 Å². The lowest BCUT2D eigenvalue weighted by molar-refractivity contribution is -0.132. The zero-order valence-corrected chi connectivity index (χ0v) is 11.3. The van der Waals surface area contributed by atoms with Crippen LogP contribution in [0.5, 0.6) is 0 Å². The van der Waals surface area contributed by atoms with Crippen molar-refractivity contribution < 1.29 is 14.3 Å². The molecule has 1 N–H and O–H groups in total. The number of amides is 3. The molecule has 0 aliphatic carbocycles. The lowest BCUT2D eigenvalue weighted by Gasteiger charge is -2.20. The molecule has 104 valence electrons. The maximum absolute atomic E-state index is 12.3. The van der Waals surface area contributed by atoms with Gasteiger partial charge in [0, 0.05) is 7.11 Å². The van der Waals surface area contributed by atoms with Crippen molar-refractivity contribution in [3.63, 3.8) is 0 Å². The standard InChI is InChI=1S/C14H15N3O3/c1-14(9-20-2)12(18)17(13(19)16-14)8-11-6-4-3-5-10(11)7-15/h3-6H,8-9H2,1-2H3,(H,16,19)/t14-/m1/s1. The van der Waals surface area contributed by atoms with E-state index in [4.69, 9.17) is 10.00 Å². The van der Waals surface area contributed by atoms with Crippen LogP contribution in [0.25, 0.3) is 0 Å². The SMILES string of the molecule is COC[C@@]1(C)NC(=O)N(Cc2ccccc2C#N)C1=O. The van der Waals surface area contributed by atoms with E-state index in [2.05, 4.69) is 11.4 Å². The van der Waals surface area contributed by atoms with Gasteiger partial charge in [0.15, 0.2) is 0 Å². The second-order valence-corrected chi connectivity index (χ2v) is 4.86. The zero-order valence-electron chi connectivity index (χ0n) is 11.3. The van der Waals surface area contributed by atoms with Crippen LogP contribution >= 0.6 is 0 Å². The van der Waals surface area contributed by atoms with Crippen molar-refractivity contribution in [2.24, 2.45) is 0 Å². The molecule has 1 aromatic carbocycles. The number of carbonyl (C=O) groups is 2. The Labute approximate surface area is 116 Å². The number of ether oxygens (including phenoxy) is 1. The number of nitrogens with zero attached hydrogens (tertiary/aromatic N) is 2. The quantitative estimate of drug-likeness (QED) is 0.830. The van der Waals surface area contributed by atoms with E-state index in [1.165, 1.54) is 7.11 Å². The highest BCUT2D eigenvalue weighted by atomic mass is 16.5. The molecule has 0 unspecified atom stereocenters. The first-order valence-electron chi connectivity index (χ1n) is 6.13. The van der Waals surface area contributed by atoms with Crippen molar-refractivity contribution >= 4 is 11.9 Å². The number of hydrogen-bond donors (Lipinski definition) is 1. The predicted molar refractivity (Wildman–Crippen MR) is 70.5 cm³/mol. The predicted octanol–water partition coefficient (Wildman–Crippen LogP) is 1.02. The fourth-order valence-corrected chi connectivity index (χ4v) is 2.21. The highest BCUT2D eigenvalue weighted by Gasteiger charge is 2.47. The first-order valence-corrected chi connectivity index (χ1v) is 6.13. The highest BCUT2D eigenvalue weighted by molar-refractivity contribution is 6.06. The van der Waals surface area contributed by atoms with E-state index in [1.807, 2.05) is 0 Å². The first-order chi connectivity index (χ1) is 9.51. The van der Waals surface area contributed by atoms with Gasteiger partial charge in [-0.05, 0) is 18.6 Å². The molecule has 3 amide bonds. The van der Waals surface area contributed by atoms with E-state index in [-0.39, 0.29) is 19.1 Å². The van der Waals surface area contributed by atoms with E-state index < -0.39 is 11.6 Å². The van der Waals surface area contributed by atoms with Crippen LogP contribution in [0.2, 0.25) is 0 Å². The number of nitriles is 1. The monoisotopic (exact) mass is 273 g/mol. The van der Waals surface area contributed by atoms with Crippen LogP contribution < -0.4 is 5.32 Å². The van der Waals surface area contributed by atoms with E-state index in [9.17, 15) is 9.59 Å². The summed E-state index contributed by atoms with van der Waals surface area (Å²) in [6, 6.07) is 8.47. The van der Waals surface area contributed by atoms with E-state index in [0.29, 0.717) is 11.1 Å². The third-order valence-electron chi connectivity index (χ3n) is 3.24. The van der Waals surface area contributed by atoms with Gasteiger partial charge < -0.3 is 10.1 Å². The van der Waals surface area contributed by atoms with Crippen LogP contribution in [0.1, 0.15) is 18.1 Å². The number of carbonyl (C=O) groups excluding carboxylic acids is 2. The number of methoxy groups -OCH3 is 1. The minimum atomic E-state index is -1.05. The topological polar surface area (TPSA) is 82.4 Å². The molecular weight excluding hydrogens is 258 g/mol. The fraction of sp³-hybridized carbons (Fsp3) is 0.357. The van der Waals surface area contributed by atoms with Crippen molar-refractivity contribution in [1.82, 2.24) is 10.2 Å². The van der Waals surface area contributed by atoms with Crippen molar-refractivity contribution in [3.05, 3.63) is 35.4 Å². The normalized spacial score (nSPS) is 21.8. The Balaban J connectivity index is 2.24. The van der Waals surface area contributed by atoms with Gasteiger partial charge in [-0.25, -0.2) is 4.79 Å². The summed E-state index contributed by atoms with van der Waals surface area (Å²) < 4.78 is 4.98. The van der Waals surface area contributed by atoms with Gasteiger partial charge in [-0.1, -0.05) is 18.2 Å². The highest BCUT2D eigenvalue weighted by Crippen LogP contribution is 2.21. The Morgan fingerprint density at radius 3 is 2.75 bits per heavy atom. The van der Waals surface area contributed by atoms with Gasteiger partial charge in [-0.2, -0.15) is 5.26 Å². The fourth-order valence-electron chi connectivity index (χ4n) is 2.21. The molecule has 1 aliphatic heterocycles. The first kappa shape index (κ1) is 14.0. The maximum atomic E-state index is 12.3. The summed E-state index contributed by atoms with van der Waals surface area (Å²) in [7, 11) is 1.47. The Hall–Kier alpha value is -2.39. The van der Waals surface area contributed by atoms with Crippen molar-refractivity contribution in [2.45, 2.75) is 19.0 Å². The maximum Gasteiger partial charge on any atom is 0.325 e. The molecule has 1 heterocycles. The molecule has 1 aromatic rings. The lowest BCUT2D eigenvalue weighted by atomic mass is 10.0. The third kappa shape index (κ3) is 2.36. The van der Waals surface area contributed by atoms with Crippen LogP contribution in [0.3, 0.4) is 0 Å². The van der Waals surface area contributed by atoms with Gasteiger partial charge in [0.25, 0.3) is 5.91 Å². The molecule has 0 aromatic heterocycles. The van der Waals surface area contributed by atoms with Crippen LogP contribution in [0.4, 0.5) is 4.79 Å². The van der Waals surface area contributed by atoms with Crippen molar-refractivity contribution in [1.29, 1.82) is 5.26 Å². The van der Waals surface area contributed by atoms with Gasteiger partial charge in [0.05, 0.1) is 24.8 Å².